The minimum Gasteiger partial charge on any atom is -0.350 e. The minimum absolute atomic E-state index is 0.0522. The molecule has 0 aromatic heterocycles. The summed E-state index contributed by atoms with van der Waals surface area (Å²) in [5, 5.41) is 6.58. The third-order valence-electron chi connectivity index (χ3n) is 6.78. The molecule has 0 aliphatic carbocycles. The van der Waals surface area contributed by atoms with Crippen molar-refractivity contribution in [1.82, 2.24) is 0 Å². The van der Waals surface area contributed by atoms with Gasteiger partial charge in [0.15, 0.2) is 0 Å². The number of rotatable bonds is 4. The highest BCUT2D eigenvalue weighted by atomic mass is 32.2. The first-order valence-electron chi connectivity index (χ1n) is 13.9. The van der Waals surface area contributed by atoms with Crippen LogP contribution in [0.25, 0.3) is 0 Å². The monoisotopic (exact) mass is 566 g/mol. The van der Waals surface area contributed by atoms with Crippen LogP contribution in [0.5, 0.6) is 0 Å². The van der Waals surface area contributed by atoms with Crippen molar-refractivity contribution >= 4 is 33.5 Å². The maximum Gasteiger partial charge on any atom is 0.253 e. The van der Waals surface area contributed by atoms with Crippen molar-refractivity contribution in [1.29, 1.82) is 0 Å². The van der Waals surface area contributed by atoms with Gasteiger partial charge in [-0.25, -0.2) is 0 Å². The summed E-state index contributed by atoms with van der Waals surface area (Å²) in [6, 6.07) is 12.8. The summed E-state index contributed by atoms with van der Waals surface area (Å²) in [6.45, 7) is 26.1. The third kappa shape index (κ3) is 8.63. The highest BCUT2D eigenvalue weighted by Crippen LogP contribution is 2.36. The number of anilines is 4. The summed E-state index contributed by atoms with van der Waals surface area (Å²) in [6.07, 6.45) is 3.28. The number of benzene rings is 2. The summed E-state index contributed by atoms with van der Waals surface area (Å²) >= 11 is 0. The molecule has 0 fully saturated rings. The molecule has 0 bridgehead atoms. The van der Waals surface area contributed by atoms with E-state index in [4.69, 9.17) is 0 Å². The second-order valence-corrected chi connectivity index (χ2v) is 16.5. The van der Waals surface area contributed by atoms with Crippen molar-refractivity contribution in [3.05, 3.63) is 79.1 Å². The van der Waals surface area contributed by atoms with Crippen molar-refractivity contribution in [2.24, 2.45) is 0 Å². The van der Waals surface area contributed by atoms with Crippen LogP contribution in [0.1, 0.15) is 105 Å². The van der Waals surface area contributed by atoms with Crippen LogP contribution in [-0.2, 0) is 32.5 Å². The molecule has 2 N–H and O–H groups in total. The predicted molar refractivity (Wildman–Crippen MR) is 176 cm³/mol. The fourth-order valence-electron chi connectivity index (χ4n) is 4.05. The standard InChI is InChI=1S/C32H44N2O2.C2H6OS/c1-29(2,3)19-13-20(30(4,5)6)16-23(15-19)33-25-26(28(36)27(25)35)34-24-17-21(31(7,8)9)14-22(18-24)32(10,11)12;1-4(2)3/h13-18,33-34H,1-12H3;1-2H3. The van der Waals surface area contributed by atoms with E-state index in [1.54, 1.807) is 12.5 Å². The quantitative estimate of drug-likeness (QED) is 0.313. The van der Waals surface area contributed by atoms with E-state index < -0.39 is 21.7 Å². The zero-order valence-corrected chi connectivity index (χ0v) is 27.9. The number of hydrogen-bond donors (Lipinski definition) is 2. The van der Waals surface area contributed by atoms with Gasteiger partial charge in [-0.05, 0) is 68.2 Å². The molecule has 6 heteroatoms. The van der Waals surface area contributed by atoms with Crippen LogP contribution in [0.3, 0.4) is 0 Å². The van der Waals surface area contributed by atoms with E-state index in [-0.39, 0.29) is 21.7 Å². The van der Waals surface area contributed by atoms with Crippen LogP contribution in [-0.4, -0.2) is 16.7 Å². The van der Waals surface area contributed by atoms with Crippen LogP contribution in [0.4, 0.5) is 22.7 Å². The SMILES string of the molecule is CC(C)(C)c1cc(Nc2c(Nc3cc(C(C)(C)C)cc(C(C)(C)C)c3)c(=O)c2=O)cc(C(C)(C)C)c1.CS(C)=O. The zero-order chi connectivity index (χ0) is 31.0. The molecular formula is C34H50N2O3S. The summed E-state index contributed by atoms with van der Waals surface area (Å²) in [5.74, 6) is 0. The Morgan fingerprint density at radius 3 is 0.850 bits per heavy atom. The molecule has 0 amide bonds. The molecule has 3 rings (SSSR count). The Balaban J connectivity index is 0.00000131. The Labute approximate surface area is 244 Å². The van der Waals surface area contributed by atoms with Crippen molar-refractivity contribution in [3.8, 4) is 0 Å². The summed E-state index contributed by atoms with van der Waals surface area (Å²) < 4.78 is 9.56. The van der Waals surface area contributed by atoms with Crippen LogP contribution in [0, 0.1) is 0 Å². The van der Waals surface area contributed by atoms with Gasteiger partial charge in [0.2, 0.25) is 0 Å². The van der Waals surface area contributed by atoms with Gasteiger partial charge in [0, 0.05) is 34.7 Å². The second kappa shape index (κ2) is 11.6. The Morgan fingerprint density at radius 2 is 0.675 bits per heavy atom. The van der Waals surface area contributed by atoms with Gasteiger partial charge in [-0.3, -0.25) is 13.8 Å². The summed E-state index contributed by atoms with van der Waals surface area (Å²) in [5.41, 5.74) is 5.82. The minimum atomic E-state index is -0.611. The molecule has 5 nitrogen and oxygen atoms in total. The van der Waals surface area contributed by atoms with Crippen LogP contribution >= 0.6 is 0 Å². The van der Waals surface area contributed by atoms with Crippen molar-refractivity contribution in [2.45, 2.75) is 105 Å². The maximum absolute atomic E-state index is 12.7. The zero-order valence-electron chi connectivity index (χ0n) is 27.1. The van der Waals surface area contributed by atoms with Crippen molar-refractivity contribution < 1.29 is 4.21 Å². The highest BCUT2D eigenvalue weighted by Gasteiger charge is 2.26. The van der Waals surface area contributed by atoms with Crippen LogP contribution < -0.4 is 21.5 Å². The average molecular weight is 567 g/mol. The fraction of sp³-hybridized carbons (Fsp3) is 0.529. The number of hydrogen-bond acceptors (Lipinski definition) is 5. The summed E-state index contributed by atoms with van der Waals surface area (Å²) in [7, 11) is -0.611. The van der Waals surface area contributed by atoms with Gasteiger partial charge in [-0.1, -0.05) is 95.2 Å². The Kier molecular flexibility index (Phi) is 9.74. The van der Waals surface area contributed by atoms with E-state index in [1.165, 1.54) is 22.3 Å². The van der Waals surface area contributed by atoms with Gasteiger partial charge in [0.05, 0.1) is 0 Å². The molecule has 0 aliphatic rings. The molecule has 3 aromatic carbocycles. The van der Waals surface area contributed by atoms with E-state index >= 15 is 0 Å². The molecule has 0 aliphatic heterocycles. The lowest BCUT2D eigenvalue weighted by molar-refractivity contribution is 0.568. The molecule has 220 valence electrons. The molecule has 0 saturated heterocycles. The number of nitrogens with one attached hydrogen (secondary N) is 2. The molecule has 0 radical (unpaired) electrons. The second-order valence-electron chi connectivity index (χ2n) is 15.0. The van der Waals surface area contributed by atoms with E-state index in [9.17, 15) is 13.8 Å². The van der Waals surface area contributed by atoms with Gasteiger partial charge in [-0.15, -0.1) is 0 Å². The smallest absolute Gasteiger partial charge is 0.253 e. The van der Waals surface area contributed by atoms with E-state index in [0.29, 0.717) is 11.4 Å². The summed E-state index contributed by atoms with van der Waals surface area (Å²) in [4.78, 5) is 25.3. The third-order valence-corrected chi connectivity index (χ3v) is 6.78. The lowest BCUT2D eigenvalue weighted by Crippen LogP contribution is -2.36. The Bertz CT molecular complexity index is 1280. The highest BCUT2D eigenvalue weighted by molar-refractivity contribution is 7.83. The molecule has 0 spiro atoms. The first-order chi connectivity index (χ1) is 17.9. The van der Waals surface area contributed by atoms with Crippen LogP contribution in [0.15, 0.2) is 46.0 Å². The molecule has 40 heavy (non-hydrogen) atoms. The first kappa shape index (κ1) is 33.5. The Morgan fingerprint density at radius 1 is 0.475 bits per heavy atom. The molecule has 0 heterocycles. The Hall–Kier alpha value is -2.73. The lowest BCUT2D eigenvalue weighted by atomic mass is 9.80. The lowest BCUT2D eigenvalue weighted by Gasteiger charge is -2.27. The molecule has 0 unspecified atom stereocenters. The molecular weight excluding hydrogens is 516 g/mol. The van der Waals surface area contributed by atoms with E-state index in [0.717, 1.165) is 11.4 Å². The van der Waals surface area contributed by atoms with Crippen LogP contribution in [0.2, 0.25) is 0 Å². The fourth-order valence-corrected chi connectivity index (χ4v) is 4.05. The molecule has 0 atom stereocenters. The normalized spacial score (nSPS) is 12.8. The average Bonchev–Trinajstić information content (AvgIpc) is 2.78. The molecule has 0 saturated carbocycles. The van der Waals surface area contributed by atoms with Gasteiger partial charge in [0.1, 0.15) is 11.4 Å². The van der Waals surface area contributed by atoms with Gasteiger partial charge < -0.3 is 10.6 Å². The van der Waals surface area contributed by atoms with E-state index in [2.05, 4.69) is 130 Å². The van der Waals surface area contributed by atoms with Gasteiger partial charge in [0.25, 0.3) is 10.9 Å². The van der Waals surface area contributed by atoms with Crippen molar-refractivity contribution in [2.75, 3.05) is 23.1 Å². The topological polar surface area (TPSA) is 75.3 Å². The maximum atomic E-state index is 12.7. The molecule has 3 aromatic rings. The van der Waals surface area contributed by atoms with E-state index in [1.807, 2.05) is 0 Å². The van der Waals surface area contributed by atoms with Crippen molar-refractivity contribution in [3.63, 3.8) is 0 Å². The first-order valence-corrected chi connectivity index (χ1v) is 15.8. The van der Waals surface area contributed by atoms with Gasteiger partial charge in [-0.2, -0.15) is 0 Å². The largest absolute Gasteiger partial charge is 0.350 e. The van der Waals surface area contributed by atoms with Gasteiger partial charge >= 0.3 is 0 Å². The predicted octanol–water partition coefficient (Wildman–Crippen LogP) is 7.95.